The summed E-state index contributed by atoms with van der Waals surface area (Å²) in [4.78, 5) is 4.22. The van der Waals surface area contributed by atoms with Gasteiger partial charge in [-0.25, -0.2) is 4.39 Å². The van der Waals surface area contributed by atoms with Crippen LogP contribution in [-0.4, -0.2) is 11.5 Å². The van der Waals surface area contributed by atoms with Gasteiger partial charge in [0.2, 0.25) is 0 Å². The zero-order chi connectivity index (χ0) is 13.7. The minimum atomic E-state index is -0.365. The molecule has 0 aliphatic carbocycles. The van der Waals surface area contributed by atoms with Crippen LogP contribution >= 0.6 is 0 Å². The summed E-state index contributed by atoms with van der Waals surface area (Å²) in [6.45, 7) is 5.47. The highest BCUT2D eigenvalue weighted by molar-refractivity contribution is 5.34. The lowest BCUT2D eigenvalue weighted by molar-refractivity contribution is 0.440. The van der Waals surface area contributed by atoms with Crippen LogP contribution in [0.15, 0.2) is 36.5 Å². The number of hydrogen-bond acceptors (Lipinski definition) is 3. The zero-order valence-corrected chi connectivity index (χ0v) is 11.1. The van der Waals surface area contributed by atoms with E-state index in [1.165, 1.54) is 6.07 Å². The minimum Gasteiger partial charge on any atom is -0.454 e. The van der Waals surface area contributed by atoms with E-state index in [0.29, 0.717) is 12.3 Å². The molecular weight excluding hydrogens is 243 g/mol. The Morgan fingerprint density at radius 1 is 1.26 bits per heavy atom. The van der Waals surface area contributed by atoms with Gasteiger partial charge in [-0.2, -0.15) is 0 Å². The first-order valence-corrected chi connectivity index (χ1v) is 6.28. The molecule has 0 spiro atoms. The number of pyridine rings is 1. The van der Waals surface area contributed by atoms with E-state index in [9.17, 15) is 4.39 Å². The third-order valence-corrected chi connectivity index (χ3v) is 2.66. The lowest BCUT2D eigenvalue weighted by Crippen LogP contribution is -2.12. The van der Waals surface area contributed by atoms with E-state index in [2.05, 4.69) is 10.3 Å². The highest BCUT2D eigenvalue weighted by Crippen LogP contribution is 2.25. The maximum atomic E-state index is 13.6. The molecule has 0 saturated carbocycles. The van der Waals surface area contributed by atoms with Gasteiger partial charge in [-0.05, 0) is 37.2 Å². The average molecular weight is 260 g/mol. The molecule has 2 rings (SSSR count). The summed E-state index contributed by atoms with van der Waals surface area (Å²) in [5, 5.41) is 3.18. The summed E-state index contributed by atoms with van der Waals surface area (Å²) in [6, 6.07) is 8.33. The van der Waals surface area contributed by atoms with Crippen molar-refractivity contribution < 1.29 is 9.13 Å². The maximum Gasteiger partial charge on any atom is 0.165 e. The van der Waals surface area contributed by atoms with Crippen LogP contribution in [0.4, 0.5) is 4.39 Å². The number of aryl methyl sites for hydroxylation is 1. The second-order valence-corrected chi connectivity index (χ2v) is 4.30. The first kappa shape index (κ1) is 13.5. The number of aromatic nitrogens is 1. The highest BCUT2D eigenvalue weighted by Gasteiger charge is 2.05. The number of rotatable bonds is 5. The maximum absolute atomic E-state index is 13.6. The van der Waals surface area contributed by atoms with Gasteiger partial charge in [0.15, 0.2) is 11.6 Å². The molecule has 0 unspecified atom stereocenters. The van der Waals surface area contributed by atoms with Gasteiger partial charge in [-0.1, -0.05) is 13.0 Å². The van der Waals surface area contributed by atoms with Crippen LogP contribution in [0.3, 0.4) is 0 Å². The van der Waals surface area contributed by atoms with Crippen LogP contribution in [0.1, 0.15) is 18.2 Å². The van der Waals surface area contributed by atoms with E-state index in [0.717, 1.165) is 17.8 Å². The Kier molecular flexibility index (Phi) is 4.47. The molecule has 0 bridgehead atoms. The molecular formula is C15H17FN2O. The predicted molar refractivity (Wildman–Crippen MR) is 72.8 cm³/mol. The van der Waals surface area contributed by atoms with Crippen molar-refractivity contribution in [2.24, 2.45) is 0 Å². The molecule has 1 heterocycles. The molecule has 1 aromatic heterocycles. The van der Waals surface area contributed by atoms with E-state index in [1.807, 2.05) is 19.9 Å². The number of halogens is 1. The largest absolute Gasteiger partial charge is 0.454 e. The SMILES string of the molecule is CCNCc1cc(Oc2cc(C)ccc2F)ccn1. The normalized spacial score (nSPS) is 10.5. The molecule has 1 aromatic carbocycles. The van der Waals surface area contributed by atoms with Gasteiger partial charge in [-0.3, -0.25) is 4.98 Å². The lowest BCUT2D eigenvalue weighted by Gasteiger charge is -2.09. The Morgan fingerprint density at radius 2 is 2.11 bits per heavy atom. The van der Waals surface area contributed by atoms with Crippen LogP contribution in [0.5, 0.6) is 11.5 Å². The molecule has 100 valence electrons. The quantitative estimate of drug-likeness (QED) is 0.894. The molecule has 0 aliphatic rings. The molecule has 0 atom stereocenters. The van der Waals surface area contributed by atoms with Crippen LogP contribution in [0, 0.1) is 12.7 Å². The number of nitrogens with one attached hydrogen (secondary N) is 1. The van der Waals surface area contributed by atoms with Gasteiger partial charge in [-0.15, -0.1) is 0 Å². The molecule has 1 N–H and O–H groups in total. The van der Waals surface area contributed by atoms with E-state index in [1.54, 1.807) is 24.4 Å². The topological polar surface area (TPSA) is 34.1 Å². The third kappa shape index (κ3) is 3.76. The van der Waals surface area contributed by atoms with Gasteiger partial charge in [0.1, 0.15) is 5.75 Å². The molecule has 4 heteroatoms. The van der Waals surface area contributed by atoms with Crippen LogP contribution in [0.2, 0.25) is 0 Å². The zero-order valence-electron chi connectivity index (χ0n) is 11.1. The fourth-order valence-electron chi connectivity index (χ4n) is 1.69. The molecule has 3 nitrogen and oxygen atoms in total. The Labute approximate surface area is 112 Å². The van der Waals surface area contributed by atoms with Gasteiger partial charge < -0.3 is 10.1 Å². The second kappa shape index (κ2) is 6.29. The first-order valence-electron chi connectivity index (χ1n) is 6.28. The number of nitrogens with zero attached hydrogens (tertiary/aromatic N) is 1. The van der Waals surface area contributed by atoms with Crippen molar-refractivity contribution in [1.82, 2.24) is 10.3 Å². The first-order chi connectivity index (χ1) is 9.19. The van der Waals surface area contributed by atoms with Gasteiger partial charge in [0.05, 0.1) is 5.69 Å². The third-order valence-electron chi connectivity index (χ3n) is 2.66. The van der Waals surface area contributed by atoms with Crippen LogP contribution in [0.25, 0.3) is 0 Å². The Morgan fingerprint density at radius 3 is 2.89 bits per heavy atom. The summed E-state index contributed by atoms with van der Waals surface area (Å²) < 4.78 is 19.2. The molecule has 0 amide bonds. The fraction of sp³-hybridized carbons (Fsp3) is 0.267. The molecule has 0 radical (unpaired) electrons. The van der Waals surface area contributed by atoms with Crippen LogP contribution < -0.4 is 10.1 Å². The summed E-state index contributed by atoms with van der Waals surface area (Å²) in [6.07, 6.45) is 1.66. The Balaban J connectivity index is 2.16. The standard InChI is InChI=1S/C15H17FN2O/c1-3-17-10-12-9-13(6-7-18-12)19-15-8-11(2)4-5-14(15)16/h4-9,17H,3,10H2,1-2H3. The van der Waals surface area contributed by atoms with Crippen molar-refractivity contribution in [3.8, 4) is 11.5 Å². The summed E-state index contributed by atoms with van der Waals surface area (Å²) in [7, 11) is 0. The molecule has 2 aromatic rings. The second-order valence-electron chi connectivity index (χ2n) is 4.30. The van der Waals surface area contributed by atoms with Crippen molar-refractivity contribution in [3.05, 3.63) is 53.6 Å². The fourth-order valence-corrected chi connectivity index (χ4v) is 1.69. The monoisotopic (exact) mass is 260 g/mol. The number of ether oxygens (including phenoxy) is 1. The van der Waals surface area contributed by atoms with Gasteiger partial charge >= 0.3 is 0 Å². The molecule has 0 aliphatic heterocycles. The van der Waals surface area contributed by atoms with Crippen LogP contribution in [-0.2, 0) is 6.54 Å². The molecule has 19 heavy (non-hydrogen) atoms. The van der Waals surface area contributed by atoms with Crippen molar-refractivity contribution in [2.75, 3.05) is 6.54 Å². The van der Waals surface area contributed by atoms with Gasteiger partial charge in [0.25, 0.3) is 0 Å². The van der Waals surface area contributed by atoms with Gasteiger partial charge in [0, 0.05) is 18.8 Å². The van der Waals surface area contributed by atoms with Crippen molar-refractivity contribution >= 4 is 0 Å². The van der Waals surface area contributed by atoms with E-state index in [-0.39, 0.29) is 11.6 Å². The van der Waals surface area contributed by atoms with Crippen molar-refractivity contribution in [1.29, 1.82) is 0 Å². The van der Waals surface area contributed by atoms with Crippen molar-refractivity contribution in [2.45, 2.75) is 20.4 Å². The summed E-state index contributed by atoms with van der Waals surface area (Å²) in [5.41, 5.74) is 1.82. The summed E-state index contributed by atoms with van der Waals surface area (Å²) in [5.74, 6) is 0.462. The predicted octanol–water partition coefficient (Wildman–Crippen LogP) is 3.43. The average Bonchev–Trinajstić information content (AvgIpc) is 2.41. The number of benzene rings is 1. The highest BCUT2D eigenvalue weighted by atomic mass is 19.1. The Hall–Kier alpha value is -1.94. The van der Waals surface area contributed by atoms with Crippen molar-refractivity contribution in [3.63, 3.8) is 0 Å². The Bertz CT molecular complexity index is 558. The lowest BCUT2D eigenvalue weighted by atomic mass is 10.2. The summed E-state index contributed by atoms with van der Waals surface area (Å²) >= 11 is 0. The molecule has 0 saturated heterocycles. The number of hydrogen-bond donors (Lipinski definition) is 1. The van der Waals surface area contributed by atoms with E-state index >= 15 is 0 Å². The molecule has 0 fully saturated rings. The minimum absolute atomic E-state index is 0.237. The van der Waals surface area contributed by atoms with E-state index < -0.39 is 0 Å². The van der Waals surface area contributed by atoms with E-state index in [4.69, 9.17) is 4.74 Å². The smallest absolute Gasteiger partial charge is 0.165 e.